The molecule has 1 aromatic heterocycles. The highest BCUT2D eigenvalue weighted by Gasteiger charge is 2.13. The van der Waals surface area contributed by atoms with Gasteiger partial charge in [0.25, 0.3) is 0 Å². The standard InChI is InChI=1S/C13H8F2N2O/c1-8-5-12(18)9(6-16)7-17(8)13-10(14)3-2-4-11(13)15/h2-5,7H,1H3. The van der Waals surface area contributed by atoms with Crippen LogP contribution in [0.25, 0.3) is 5.69 Å². The molecular weight excluding hydrogens is 238 g/mol. The first-order valence-electron chi connectivity index (χ1n) is 5.12. The van der Waals surface area contributed by atoms with Crippen molar-refractivity contribution in [3.63, 3.8) is 0 Å². The summed E-state index contributed by atoms with van der Waals surface area (Å²) < 4.78 is 28.4. The van der Waals surface area contributed by atoms with Crippen LogP contribution in [0.4, 0.5) is 8.78 Å². The normalized spacial score (nSPS) is 10.1. The van der Waals surface area contributed by atoms with Gasteiger partial charge in [0.1, 0.15) is 29.0 Å². The summed E-state index contributed by atoms with van der Waals surface area (Å²) in [5.41, 5.74) is -0.583. The van der Waals surface area contributed by atoms with Crippen LogP contribution in [-0.2, 0) is 0 Å². The summed E-state index contributed by atoms with van der Waals surface area (Å²) >= 11 is 0. The fraction of sp³-hybridized carbons (Fsp3) is 0.0769. The van der Waals surface area contributed by atoms with E-state index in [0.717, 1.165) is 22.9 Å². The second kappa shape index (κ2) is 4.41. The molecule has 0 radical (unpaired) electrons. The van der Waals surface area contributed by atoms with Gasteiger partial charge in [-0.3, -0.25) is 4.79 Å². The van der Waals surface area contributed by atoms with E-state index >= 15 is 0 Å². The van der Waals surface area contributed by atoms with Crippen molar-refractivity contribution in [2.45, 2.75) is 6.92 Å². The number of hydrogen-bond donors (Lipinski definition) is 0. The maximum absolute atomic E-state index is 13.6. The maximum Gasteiger partial charge on any atom is 0.199 e. The van der Waals surface area contributed by atoms with Gasteiger partial charge in [0.2, 0.25) is 0 Å². The van der Waals surface area contributed by atoms with Crippen LogP contribution >= 0.6 is 0 Å². The molecule has 3 nitrogen and oxygen atoms in total. The van der Waals surface area contributed by atoms with Crippen LogP contribution in [-0.4, -0.2) is 4.57 Å². The third-order valence-corrected chi connectivity index (χ3v) is 2.54. The van der Waals surface area contributed by atoms with E-state index in [9.17, 15) is 13.6 Å². The van der Waals surface area contributed by atoms with Gasteiger partial charge in [-0.2, -0.15) is 5.26 Å². The zero-order valence-electron chi connectivity index (χ0n) is 9.45. The van der Waals surface area contributed by atoms with Crippen molar-refractivity contribution in [2.24, 2.45) is 0 Å². The molecule has 0 aliphatic carbocycles. The summed E-state index contributed by atoms with van der Waals surface area (Å²) in [6.45, 7) is 1.54. The highest BCUT2D eigenvalue weighted by Crippen LogP contribution is 2.18. The molecular formula is C13H8F2N2O. The average molecular weight is 246 g/mol. The highest BCUT2D eigenvalue weighted by atomic mass is 19.1. The first-order valence-corrected chi connectivity index (χ1v) is 5.12. The molecule has 18 heavy (non-hydrogen) atoms. The Morgan fingerprint density at radius 1 is 1.28 bits per heavy atom. The van der Waals surface area contributed by atoms with Crippen molar-refractivity contribution >= 4 is 0 Å². The average Bonchev–Trinajstić information content (AvgIpc) is 2.31. The first-order chi connectivity index (χ1) is 8.54. The molecule has 0 atom stereocenters. The SMILES string of the molecule is Cc1cc(=O)c(C#N)cn1-c1c(F)cccc1F. The lowest BCUT2D eigenvalue weighted by molar-refractivity contribution is 0.566. The molecule has 2 rings (SSSR count). The summed E-state index contributed by atoms with van der Waals surface area (Å²) in [6.07, 6.45) is 1.14. The number of nitrogens with zero attached hydrogens (tertiary/aromatic N) is 2. The summed E-state index contributed by atoms with van der Waals surface area (Å²) in [5, 5.41) is 8.77. The molecule has 1 aromatic carbocycles. The van der Waals surface area contributed by atoms with E-state index in [1.165, 1.54) is 19.1 Å². The molecule has 1 heterocycles. The molecule has 0 spiro atoms. The Hall–Kier alpha value is -2.48. The van der Waals surface area contributed by atoms with Gasteiger partial charge in [-0.1, -0.05) is 6.07 Å². The fourth-order valence-corrected chi connectivity index (χ4v) is 1.68. The number of aromatic nitrogens is 1. The number of para-hydroxylation sites is 1. The van der Waals surface area contributed by atoms with Gasteiger partial charge in [-0.05, 0) is 19.1 Å². The van der Waals surface area contributed by atoms with Gasteiger partial charge >= 0.3 is 0 Å². The predicted octanol–water partition coefficient (Wildman–Crippen LogP) is 2.30. The quantitative estimate of drug-likeness (QED) is 0.775. The van der Waals surface area contributed by atoms with E-state index in [-0.39, 0.29) is 11.3 Å². The van der Waals surface area contributed by atoms with Crippen LogP contribution in [0.15, 0.2) is 35.3 Å². The molecule has 0 unspecified atom stereocenters. The van der Waals surface area contributed by atoms with Crippen LogP contribution in [0.2, 0.25) is 0 Å². The van der Waals surface area contributed by atoms with E-state index in [2.05, 4.69) is 0 Å². The summed E-state index contributed by atoms with van der Waals surface area (Å²) in [4.78, 5) is 11.4. The number of hydrogen-bond acceptors (Lipinski definition) is 2. The molecule has 0 N–H and O–H groups in total. The minimum atomic E-state index is -0.759. The van der Waals surface area contributed by atoms with Crippen LogP contribution in [0.3, 0.4) is 0 Å². The Kier molecular flexibility index (Phi) is 2.94. The van der Waals surface area contributed by atoms with Crippen LogP contribution in [0, 0.1) is 29.9 Å². The summed E-state index contributed by atoms with van der Waals surface area (Å²) in [5.74, 6) is -1.52. The van der Waals surface area contributed by atoms with Gasteiger partial charge in [0.05, 0.1) is 0 Å². The summed E-state index contributed by atoms with van der Waals surface area (Å²) in [7, 11) is 0. The molecule has 2 aromatic rings. The largest absolute Gasteiger partial charge is 0.315 e. The van der Waals surface area contributed by atoms with E-state index in [1.54, 1.807) is 6.07 Å². The maximum atomic E-state index is 13.6. The molecule has 0 saturated heterocycles. The Bertz CT molecular complexity index is 694. The zero-order valence-corrected chi connectivity index (χ0v) is 9.45. The van der Waals surface area contributed by atoms with Crippen molar-refractivity contribution in [3.05, 3.63) is 63.6 Å². The van der Waals surface area contributed by atoms with Gasteiger partial charge in [0.15, 0.2) is 5.43 Å². The van der Waals surface area contributed by atoms with Crippen molar-refractivity contribution in [1.82, 2.24) is 4.57 Å². The van der Waals surface area contributed by atoms with Gasteiger partial charge in [0, 0.05) is 18.0 Å². The van der Waals surface area contributed by atoms with Crippen LogP contribution < -0.4 is 5.43 Å². The zero-order chi connectivity index (χ0) is 13.3. The Morgan fingerprint density at radius 3 is 2.44 bits per heavy atom. The van der Waals surface area contributed by atoms with Crippen molar-refractivity contribution in [1.29, 1.82) is 5.26 Å². The molecule has 0 bridgehead atoms. The number of nitriles is 1. The minimum Gasteiger partial charge on any atom is -0.315 e. The van der Waals surface area contributed by atoms with E-state index in [0.29, 0.717) is 5.69 Å². The van der Waals surface area contributed by atoms with Crippen LogP contribution in [0.5, 0.6) is 0 Å². The lowest BCUT2D eigenvalue weighted by Gasteiger charge is -2.12. The third kappa shape index (κ3) is 1.89. The number of halogens is 2. The second-order valence-electron chi connectivity index (χ2n) is 3.74. The van der Waals surface area contributed by atoms with Crippen molar-refractivity contribution in [2.75, 3.05) is 0 Å². The smallest absolute Gasteiger partial charge is 0.199 e. The third-order valence-electron chi connectivity index (χ3n) is 2.54. The Morgan fingerprint density at radius 2 is 1.89 bits per heavy atom. The molecule has 0 aliphatic rings. The summed E-state index contributed by atoms with van der Waals surface area (Å²) in [6, 6.07) is 6.34. The van der Waals surface area contributed by atoms with E-state index in [1.807, 2.05) is 0 Å². The first kappa shape index (κ1) is 12.0. The molecule has 0 aliphatic heterocycles. The molecule has 0 amide bonds. The lowest BCUT2D eigenvalue weighted by atomic mass is 10.2. The fourth-order valence-electron chi connectivity index (χ4n) is 1.68. The number of rotatable bonds is 1. The molecule has 0 saturated carbocycles. The number of pyridine rings is 1. The number of aryl methyl sites for hydroxylation is 1. The Balaban J connectivity index is 2.80. The van der Waals surface area contributed by atoms with Crippen molar-refractivity contribution < 1.29 is 8.78 Å². The van der Waals surface area contributed by atoms with Crippen molar-refractivity contribution in [3.8, 4) is 11.8 Å². The van der Waals surface area contributed by atoms with E-state index in [4.69, 9.17) is 5.26 Å². The van der Waals surface area contributed by atoms with E-state index < -0.39 is 17.1 Å². The number of benzene rings is 1. The molecule has 5 heteroatoms. The topological polar surface area (TPSA) is 45.8 Å². The van der Waals surface area contributed by atoms with Gasteiger partial charge in [-0.25, -0.2) is 8.78 Å². The lowest BCUT2D eigenvalue weighted by Crippen LogP contribution is -2.13. The van der Waals surface area contributed by atoms with Gasteiger partial charge in [-0.15, -0.1) is 0 Å². The highest BCUT2D eigenvalue weighted by molar-refractivity contribution is 5.40. The van der Waals surface area contributed by atoms with Gasteiger partial charge < -0.3 is 4.57 Å². The predicted molar refractivity (Wildman–Crippen MR) is 61.4 cm³/mol. The second-order valence-corrected chi connectivity index (χ2v) is 3.74. The Labute approximate surface area is 102 Å². The molecule has 90 valence electrons. The monoisotopic (exact) mass is 246 g/mol. The molecule has 0 fully saturated rings. The van der Waals surface area contributed by atoms with Crippen LogP contribution in [0.1, 0.15) is 11.3 Å². The minimum absolute atomic E-state index is 0.164.